The second kappa shape index (κ2) is 21.4. The molecule has 8 heteroatoms. The first-order valence-corrected chi connectivity index (χ1v) is 19.5. The Bertz CT molecular complexity index is 1420. The lowest BCUT2D eigenvalue weighted by molar-refractivity contribution is -0.177. The summed E-state index contributed by atoms with van der Waals surface area (Å²) in [6.07, 6.45) is 8.88. The Morgan fingerprint density at radius 3 is 1.29 bits per heavy atom. The van der Waals surface area contributed by atoms with E-state index in [-0.39, 0.29) is 10.8 Å². The second-order valence-electron chi connectivity index (χ2n) is 14.9. The highest BCUT2D eigenvalue weighted by Gasteiger charge is 2.57. The van der Waals surface area contributed by atoms with Gasteiger partial charge in [0.2, 0.25) is 0 Å². The van der Waals surface area contributed by atoms with E-state index in [0.717, 1.165) is 38.5 Å². The van der Waals surface area contributed by atoms with Gasteiger partial charge in [0.15, 0.2) is 34.5 Å². The first-order chi connectivity index (χ1) is 25.2. The highest BCUT2D eigenvalue weighted by Crippen LogP contribution is 2.54. The van der Waals surface area contributed by atoms with Crippen LogP contribution in [0.25, 0.3) is 0 Å². The van der Waals surface area contributed by atoms with Crippen LogP contribution in [0.5, 0.6) is 34.5 Å². The Morgan fingerprint density at radius 1 is 0.462 bits per heavy atom. The number of unbranched alkanes of at least 4 members (excludes halogenated alkanes) is 4. The van der Waals surface area contributed by atoms with Crippen LogP contribution in [0.15, 0.2) is 72.8 Å². The summed E-state index contributed by atoms with van der Waals surface area (Å²) in [4.78, 5) is 0. The minimum Gasteiger partial charge on any atom is -0.487 e. The summed E-state index contributed by atoms with van der Waals surface area (Å²) in [5.41, 5.74) is -1.21. The number of benzene rings is 3. The van der Waals surface area contributed by atoms with Gasteiger partial charge in [0.25, 0.3) is 0 Å². The van der Waals surface area contributed by atoms with Gasteiger partial charge in [-0.15, -0.1) is 0 Å². The monoisotopic (exact) mass is 720 g/mol. The average Bonchev–Trinajstić information content (AvgIpc) is 3.13. The van der Waals surface area contributed by atoms with Crippen molar-refractivity contribution in [2.45, 2.75) is 98.5 Å². The van der Waals surface area contributed by atoms with E-state index in [1.165, 1.54) is 12.8 Å². The Hall–Kier alpha value is -3.30. The van der Waals surface area contributed by atoms with E-state index in [4.69, 9.17) is 37.9 Å². The van der Waals surface area contributed by atoms with Gasteiger partial charge in [0.1, 0.15) is 12.2 Å². The molecular formula is C44H64O8. The topological polar surface area (TPSA) is 73.8 Å². The Morgan fingerprint density at radius 2 is 0.827 bits per heavy atom. The van der Waals surface area contributed by atoms with E-state index in [9.17, 15) is 0 Å². The van der Waals surface area contributed by atoms with Crippen LogP contribution in [0.1, 0.15) is 92.9 Å². The second-order valence-corrected chi connectivity index (χ2v) is 14.9. The largest absolute Gasteiger partial charge is 0.487 e. The lowest BCUT2D eigenvalue weighted by Crippen LogP contribution is -2.62. The third-order valence-corrected chi connectivity index (χ3v) is 10.2. The molecule has 1 aliphatic rings. The van der Waals surface area contributed by atoms with Gasteiger partial charge >= 0.3 is 0 Å². The zero-order valence-electron chi connectivity index (χ0n) is 32.7. The highest BCUT2D eigenvalue weighted by molar-refractivity contribution is 5.51. The van der Waals surface area contributed by atoms with Crippen LogP contribution in [-0.2, 0) is 18.9 Å². The molecule has 0 aliphatic carbocycles. The number of fused-ring (bicyclic) bond motifs is 3. The van der Waals surface area contributed by atoms with Gasteiger partial charge in [0, 0.05) is 10.8 Å². The van der Waals surface area contributed by atoms with E-state index < -0.39 is 5.60 Å². The fourth-order valence-electron chi connectivity index (χ4n) is 7.05. The predicted molar refractivity (Wildman–Crippen MR) is 207 cm³/mol. The first kappa shape index (κ1) is 41.5. The van der Waals surface area contributed by atoms with Crippen molar-refractivity contribution in [3.8, 4) is 34.5 Å². The molecule has 0 saturated heterocycles. The quantitative estimate of drug-likeness (QED) is 0.192. The van der Waals surface area contributed by atoms with Crippen molar-refractivity contribution < 1.29 is 37.9 Å². The zero-order valence-corrected chi connectivity index (χ0v) is 32.7. The van der Waals surface area contributed by atoms with Crippen LogP contribution < -0.4 is 18.9 Å². The molecule has 0 unspecified atom stereocenters. The maximum Gasteiger partial charge on any atom is 0.170 e. The maximum absolute atomic E-state index is 7.50. The normalized spacial score (nSPS) is 17.0. The molecule has 8 nitrogen and oxygen atoms in total. The Balaban J connectivity index is 1.75. The van der Waals surface area contributed by atoms with Crippen LogP contribution >= 0.6 is 0 Å². The molecule has 1 heterocycles. The van der Waals surface area contributed by atoms with Gasteiger partial charge in [-0.25, -0.2) is 0 Å². The standard InChI is InChI=1S/C44H64O8/c1-7-9-17-25-42(3,4)44(43(5,6)26-18-10-8-2)35-48-32-31-46-28-27-45-29-30-47-33-34-49-36-19-11-12-20-37(36)50-38-21-13-14-22-39(38)51-40-23-15-16-24-41(40)52-44/h11-16,19-24H,7-10,17-18,25-35H2,1-6H3. The Labute approximate surface area is 313 Å². The smallest absolute Gasteiger partial charge is 0.170 e. The van der Waals surface area contributed by atoms with Crippen molar-refractivity contribution in [3.05, 3.63) is 72.8 Å². The third-order valence-electron chi connectivity index (χ3n) is 10.2. The molecular weight excluding hydrogens is 656 g/mol. The van der Waals surface area contributed by atoms with Crippen molar-refractivity contribution in [2.75, 3.05) is 59.5 Å². The van der Waals surface area contributed by atoms with Crippen LogP contribution in [0, 0.1) is 10.8 Å². The summed E-state index contributed by atoms with van der Waals surface area (Å²) >= 11 is 0. The molecule has 0 spiro atoms. The summed E-state index contributed by atoms with van der Waals surface area (Å²) in [7, 11) is 0. The minimum absolute atomic E-state index is 0.253. The van der Waals surface area contributed by atoms with Crippen molar-refractivity contribution >= 4 is 0 Å². The summed E-state index contributed by atoms with van der Waals surface area (Å²) in [6.45, 7) is 18.0. The van der Waals surface area contributed by atoms with Crippen molar-refractivity contribution in [2.24, 2.45) is 10.8 Å². The molecule has 0 fully saturated rings. The molecule has 0 atom stereocenters. The summed E-state index contributed by atoms with van der Waals surface area (Å²) < 4.78 is 50.7. The van der Waals surface area contributed by atoms with E-state index in [0.29, 0.717) is 94.0 Å². The van der Waals surface area contributed by atoms with Gasteiger partial charge in [-0.05, 0) is 49.2 Å². The van der Waals surface area contributed by atoms with E-state index in [1.54, 1.807) is 0 Å². The van der Waals surface area contributed by atoms with Gasteiger partial charge in [-0.3, -0.25) is 0 Å². The molecule has 1 aliphatic heterocycles. The molecule has 3 aromatic rings. The number of hydrogen-bond acceptors (Lipinski definition) is 8. The van der Waals surface area contributed by atoms with Crippen LogP contribution in [0.4, 0.5) is 0 Å². The highest BCUT2D eigenvalue weighted by atomic mass is 16.6. The number of hydrogen-bond donors (Lipinski definition) is 0. The lowest BCUT2D eigenvalue weighted by Gasteiger charge is -2.55. The molecule has 0 amide bonds. The Kier molecular flexibility index (Phi) is 17.1. The van der Waals surface area contributed by atoms with Crippen molar-refractivity contribution in [3.63, 3.8) is 0 Å². The molecule has 0 saturated carbocycles. The molecule has 0 N–H and O–H groups in total. The van der Waals surface area contributed by atoms with Gasteiger partial charge < -0.3 is 37.9 Å². The molecule has 288 valence electrons. The fourth-order valence-corrected chi connectivity index (χ4v) is 7.05. The molecule has 0 radical (unpaired) electrons. The third kappa shape index (κ3) is 11.9. The molecule has 52 heavy (non-hydrogen) atoms. The van der Waals surface area contributed by atoms with Crippen LogP contribution in [0.2, 0.25) is 0 Å². The molecule has 3 aromatic carbocycles. The number of para-hydroxylation sites is 6. The summed E-state index contributed by atoms with van der Waals surface area (Å²) in [5, 5.41) is 0. The lowest BCUT2D eigenvalue weighted by atomic mass is 9.58. The van der Waals surface area contributed by atoms with Crippen LogP contribution in [0.3, 0.4) is 0 Å². The number of ether oxygens (including phenoxy) is 8. The number of rotatable bonds is 10. The molecule has 4 rings (SSSR count). The summed E-state index contributed by atoms with van der Waals surface area (Å²) in [6, 6.07) is 23.3. The maximum atomic E-state index is 7.50. The van der Waals surface area contributed by atoms with Crippen molar-refractivity contribution in [1.29, 1.82) is 0 Å². The molecule has 0 bridgehead atoms. The predicted octanol–water partition coefficient (Wildman–Crippen LogP) is 11.1. The van der Waals surface area contributed by atoms with Crippen molar-refractivity contribution in [1.82, 2.24) is 0 Å². The SMILES string of the molecule is CCCCCC(C)(C)C1(C(C)(C)CCCCC)COCCOCCOCCOCCOc2ccccc2Oc2ccccc2Oc2ccccc2O1. The van der Waals surface area contributed by atoms with Gasteiger partial charge in [0.05, 0.1) is 52.9 Å². The van der Waals surface area contributed by atoms with Gasteiger partial charge in [-0.2, -0.15) is 0 Å². The fraction of sp³-hybridized carbons (Fsp3) is 0.591. The van der Waals surface area contributed by atoms with E-state index in [2.05, 4.69) is 41.5 Å². The van der Waals surface area contributed by atoms with Gasteiger partial charge in [-0.1, -0.05) is 116 Å². The van der Waals surface area contributed by atoms with E-state index in [1.807, 2.05) is 72.8 Å². The van der Waals surface area contributed by atoms with E-state index >= 15 is 0 Å². The zero-order chi connectivity index (χ0) is 37.1. The summed E-state index contributed by atoms with van der Waals surface area (Å²) in [5.74, 6) is 3.60. The first-order valence-electron chi connectivity index (χ1n) is 19.5. The minimum atomic E-state index is -0.704. The molecule has 0 aromatic heterocycles. The van der Waals surface area contributed by atoms with Crippen LogP contribution in [-0.4, -0.2) is 65.1 Å². The average molecular weight is 721 g/mol.